The highest BCUT2D eigenvalue weighted by atomic mass is 16.5. The van der Waals surface area contributed by atoms with Gasteiger partial charge < -0.3 is 19.7 Å². The molecule has 0 radical (unpaired) electrons. The summed E-state index contributed by atoms with van der Waals surface area (Å²) >= 11 is 0. The van der Waals surface area contributed by atoms with Crippen LogP contribution in [0.5, 0.6) is 11.5 Å². The molecule has 0 amide bonds. The summed E-state index contributed by atoms with van der Waals surface area (Å²) in [6.07, 6.45) is 3.98. The van der Waals surface area contributed by atoms with Crippen molar-refractivity contribution in [2.45, 2.75) is 19.1 Å². The highest BCUT2D eigenvalue weighted by Crippen LogP contribution is 2.30. The van der Waals surface area contributed by atoms with Crippen molar-refractivity contribution in [1.82, 2.24) is 9.88 Å². The molecule has 7 nitrogen and oxygen atoms in total. The van der Waals surface area contributed by atoms with Gasteiger partial charge in [-0.1, -0.05) is 6.07 Å². The molecule has 0 spiro atoms. The van der Waals surface area contributed by atoms with E-state index in [0.29, 0.717) is 24.6 Å². The summed E-state index contributed by atoms with van der Waals surface area (Å²) in [4.78, 5) is 17.0. The van der Waals surface area contributed by atoms with Crippen LogP contribution in [0.4, 0.5) is 0 Å². The van der Waals surface area contributed by atoms with Gasteiger partial charge in [-0.3, -0.25) is 9.88 Å². The molecular weight excluding hydrogens is 348 g/mol. The smallest absolute Gasteiger partial charge is 0.341 e. The number of carboxylic acid groups (broad SMARTS) is 1. The van der Waals surface area contributed by atoms with Crippen molar-refractivity contribution >= 4 is 5.97 Å². The van der Waals surface area contributed by atoms with Gasteiger partial charge in [0.2, 0.25) is 0 Å². The summed E-state index contributed by atoms with van der Waals surface area (Å²) < 4.78 is 10.5. The molecule has 0 unspecified atom stereocenters. The van der Waals surface area contributed by atoms with E-state index in [2.05, 4.69) is 9.88 Å². The van der Waals surface area contributed by atoms with Gasteiger partial charge in [-0.2, -0.15) is 0 Å². The number of ether oxygens (including phenoxy) is 2. The number of aliphatic carboxylic acids is 1. The maximum Gasteiger partial charge on any atom is 0.341 e. The van der Waals surface area contributed by atoms with Crippen molar-refractivity contribution < 1.29 is 24.5 Å². The summed E-state index contributed by atoms with van der Waals surface area (Å²) in [6.45, 7) is 1.63. The number of aliphatic hydroxyl groups excluding tert-OH is 1. The first-order chi connectivity index (χ1) is 13.0. The molecule has 2 heterocycles. The molecule has 1 aromatic heterocycles. The van der Waals surface area contributed by atoms with Gasteiger partial charge >= 0.3 is 5.97 Å². The van der Waals surface area contributed by atoms with Crippen LogP contribution in [-0.4, -0.2) is 59.0 Å². The van der Waals surface area contributed by atoms with Gasteiger partial charge in [0, 0.05) is 37.9 Å². The Balaban J connectivity index is 1.63. The molecule has 0 aliphatic carbocycles. The lowest BCUT2D eigenvalue weighted by molar-refractivity contribution is -0.139. The van der Waals surface area contributed by atoms with Crippen LogP contribution in [0.2, 0.25) is 0 Å². The minimum absolute atomic E-state index is 0.174. The second-order valence-electron chi connectivity index (χ2n) is 6.75. The number of carboxylic acids is 1. The molecule has 27 heavy (non-hydrogen) atoms. The van der Waals surface area contributed by atoms with E-state index < -0.39 is 12.6 Å². The number of aliphatic hydroxyl groups is 1. The molecule has 0 saturated carbocycles. The fraction of sp³-hybridized carbons (Fsp3) is 0.400. The van der Waals surface area contributed by atoms with E-state index in [-0.39, 0.29) is 12.0 Å². The third kappa shape index (κ3) is 5.18. The van der Waals surface area contributed by atoms with E-state index in [1.165, 1.54) is 12.7 Å². The molecule has 2 aromatic rings. The number of benzene rings is 1. The number of β-amino-alcohol motifs (C(OH)–C–C–N with tert-alkyl or cyclic N) is 1. The molecule has 3 rings (SSSR count). The highest BCUT2D eigenvalue weighted by Gasteiger charge is 2.31. The molecule has 2 N–H and O–H groups in total. The number of hydrogen-bond donors (Lipinski definition) is 2. The maximum absolute atomic E-state index is 10.8. The van der Waals surface area contributed by atoms with Crippen LogP contribution in [0.3, 0.4) is 0 Å². The molecular formula is C20H24N2O5. The van der Waals surface area contributed by atoms with E-state index in [1.807, 2.05) is 18.2 Å². The number of hydrogen-bond acceptors (Lipinski definition) is 6. The van der Waals surface area contributed by atoms with Crippen molar-refractivity contribution in [3.05, 3.63) is 53.9 Å². The Morgan fingerprint density at radius 1 is 1.19 bits per heavy atom. The zero-order valence-electron chi connectivity index (χ0n) is 15.2. The van der Waals surface area contributed by atoms with E-state index in [4.69, 9.17) is 14.6 Å². The number of methoxy groups -OCH3 is 1. The Morgan fingerprint density at radius 2 is 1.96 bits per heavy atom. The van der Waals surface area contributed by atoms with Crippen LogP contribution in [0.15, 0.2) is 42.7 Å². The third-order valence-electron chi connectivity index (χ3n) is 4.71. The SMILES string of the molecule is COc1ccc(CN2C[C@@H](Cc3ccncc3)[C@H](O)C2)cc1OCC(=O)O. The number of pyridine rings is 1. The van der Waals surface area contributed by atoms with Gasteiger partial charge in [0.25, 0.3) is 0 Å². The molecule has 1 aromatic carbocycles. The lowest BCUT2D eigenvalue weighted by Gasteiger charge is -2.17. The summed E-state index contributed by atoms with van der Waals surface area (Å²) in [5.74, 6) is 0.0416. The molecule has 1 fully saturated rings. The standard InChI is InChI=1S/C20H24N2O5/c1-26-18-3-2-15(9-19(18)27-13-20(24)25)10-22-11-16(17(23)12-22)8-14-4-6-21-7-5-14/h2-7,9,16-17,23H,8,10-13H2,1H3,(H,24,25)/t16-,17-/m1/s1. The summed E-state index contributed by atoms with van der Waals surface area (Å²) in [6, 6.07) is 9.45. The van der Waals surface area contributed by atoms with Crippen molar-refractivity contribution in [1.29, 1.82) is 0 Å². The first kappa shape index (κ1) is 19.1. The summed E-state index contributed by atoms with van der Waals surface area (Å²) in [5, 5.41) is 19.2. The predicted octanol–water partition coefficient (Wildman–Crippen LogP) is 1.59. The van der Waals surface area contributed by atoms with Crippen molar-refractivity contribution in [3.63, 3.8) is 0 Å². The van der Waals surface area contributed by atoms with Crippen LogP contribution < -0.4 is 9.47 Å². The first-order valence-corrected chi connectivity index (χ1v) is 8.86. The Bertz CT molecular complexity index is 768. The largest absolute Gasteiger partial charge is 0.493 e. The van der Waals surface area contributed by atoms with E-state index in [0.717, 1.165) is 18.5 Å². The lowest BCUT2D eigenvalue weighted by Crippen LogP contribution is -2.21. The number of aromatic nitrogens is 1. The van der Waals surface area contributed by atoms with Gasteiger partial charge in [0.15, 0.2) is 18.1 Å². The predicted molar refractivity (Wildman–Crippen MR) is 98.8 cm³/mol. The number of likely N-dealkylation sites (tertiary alicyclic amines) is 1. The van der Waals surface area contributed by atoms with Crippen LogP contribution in [0.25, 0.3) is 0 Å². The van der Waals surface area contributed by atoms with Crippen molar-refractivity contribution in [2.24, 2.45) is 5.92 Å². The molecule has 1 saturated heterocycles. The first-order valence-electron chi connectivity index (χ1n) is 8.86. The van der Waals surface area contributed by atoms with Gasteiger partial charge in [0.1, 0.15) is 0 Å². The van der Waals surface area contributed by atoms with Gasteiger partial charge in [-0.15, -0.1) is 0 Å². The topological polar surface area (TPSA) is 92.1 Å². The summed E-state index contributed by atoms with van der Waals surface area (Å²) in [7, 11) is 1.52. The quantitative estimate of drug-likeness (QED) is 0.727. The lowest BCUT2D eigenvalue weighted by atomic mass is 9.97. The number of nitrogens with zero attached hydrogens (tertiary/aromatic N) is 2. The Morgan fingerprint density at radius 3 is 2.67 bits per heavy atom. The summed E-state index contributed by atoms with van der Waals surface area (Å²) in [5.41, 5.74) is 2.15. The average Bonchev–Trinajstić information content (AvgIpc) is 3.00. The van der Waals surface area contributed by atoms with E-state index >= 15 is 0 Å². The molecule has 1 aliphatic heterocycles. The van der Waals surface area contributed by atoms with E-state index in [9.17, 15) is 9.90 Å². The molecule has 144 valence electrons. The zero-order valence-corrected chi connectivity index (χ0v) is 15.2. The van der Waals surface area contributed by atoms with Gasteiger partial charge in [0.05, 0.1) is 13.2 Å². The molecule has 7 heteroatoms. The van der Waals surface area contributed by atoms with Gasteiger partial charge in [-0.05, 0) is 41.8 Å². The minimum atomic E-state index is -1.04. The maximum atomic E-state index is 10.8. The number of carbonyl (C=O) groups is 1. The van der Waals surface area contributed by atoms with Crippen molar-refractivity contribution in [2.75, 3.05) is 26.8 Å². The normalized spacial score (nSPS) is 19.8. The zero-order chi connectivity index (χ0) is 19.2. The fourth-order valence-corrected chi connectivity index (χ4v) is 3.42. The average molecular weight is 372 g/mol. The van der Waals surface area contributed by atoms with E-state index in [1.54, 1.807) is 24.5 Å². The Kier molecular flexibility index (Phi) is 6.26. The van der Waals surface area contributed by atoms with Gasteiger partial charge in [-0.25, -0.2) is 4.79 Å². The minimum Gasteiger partial charge on any atom is -0.493 e. The third-order valence-corrected chi connectivity index (χ3v) is 4.71. The van der Waals surface area contributed by atoms with Crippen LogP contribution in [0.1, 0.15) is 11.1 Å². The Hall–Kier alpha value is -2.64. The van der Waals surface area contributed by atoms with Crippen LogP contribution in [-0.2, 0) is 17.8 Å². The second kappa shape index (κ2) is 8.83. The monoisotopic (exact) mass is 372 g/mol. The number of rotatable bonds is 8. The van der Waals surface area contributed by atoms with Crippen LogP contribution >= 0.6 is 0 Å². The molecule has 2 atom stereocenters. The fourth-order valence-electron chi connectivity index (χ4n) is 3.42. The molecule has 1 aliphatic rings. The van der Waals surface area contributed by atoms with Crippen LogP contribution in [0, 0.1) is 5.92 Å². The van der Waals surface area contributed by atoms with Crippen molar-refractivity contribution in [3.8, 4) is 11.5 Å². The second-order valence-corrected chi connectivity index (χ2v) is 6.75. The Labute approximate surface area is 158 Å². The molecule has 0 bridgehead atoms. The highest BCUT2D eigenvalue weighted by molar-refractivity contribution is 5.68.